The Morgan fingerprint density at radius 3 is 2.71 bits per heavy atom. The number of halogens is 1. The second-order valence-electron chi connectivity index (χ2n) is 5.17. The minimum Gasteiger partial charge on any atom is -0.275 e. The molecule has 0 spiro atoms. The second-order valence-corrected chi connectivity index (χ2v) is 7.76. The number of pyridine rings is 1. The minimum atomic E-state index is -3.63. The zero-order valence-corrected chi connectivity index (χ0v) is 15.3. The summed E-state index contributed by atoms with van der Waals surface area (Å²) in [6.45, 7) is 0.141. The Morgan fingerprint density at radius 2 is 2.00 bits per heavy atom. The first-order valence-electron chi connectivity index (χ1n) is 7.14. The van der Waals surface area contributed by atoms with E-state index in [1.54, 1.807) is 47.4 Å². The summed E-state index contributed by atoms with van der Waals surface area (Å²) >= 11 is 3.27. The Labute approximate surface area is 148 Å². The summed E-state index contributed by atoms with van der Waals surface area (Å²) in [6.07, 6.45) is 5.22. The van der Waals surface area contributed by atoms with Crippen LogP contribution in [0.4, 0.5) is 0 Å². The van der Waals surface area contributed by atoms with Crippen LogP contribution in [0.15, 0.2) is 64.4 Å². The van der Waals surface area contributed by atoms with Gasteiger partial charge in [-0.1, -0.05) is 18.2 Å². The number of sulfonamides is 1. The molecule has 6 nitrogen and oxygen atoms in total. The molecule has 1 N–H and O–H groups in total. The van der Waals surface area contributed by atoms with Gasteiger partial charge >= 0.3 is 0 Å². The lowest BCUT2D eigenvalue weighted by Crippen LogP contribution is -2.24. The van der Waals surface area contributed by atoms with Gasteiger partial charge in [0.2, 0.25) is 10.0 Å². The molecule has 0 saturated heterocycles. The van der Waals surface area contributed by atoms with E-state index in [0.717, 1.165) is 11.1 Å². The average Bonchev–Trinajstić information content (AvgIpc) is 3.00. The van der Waals surface area contributed by atoms with Crippen LogP contribution in [0.25, 0.3) is 11.3 Å². The first-order chi connectivity index (χ1) is 11.5. The lowest BCUT2D eigenvalue weighted by molar-refractivity contribution is 0.581. The van der Waals surface area contributed by atoms with E-state index in [0.29, 0.717) is 10.2 Å². The molecule has 0 aliphatic carbocycles. The van der Waals surface area contributed by atoms with Crippen molar-refractivity contribution in [2.45, 2.75) is 11.4 Å². The van der Waals surface area contributed by atoms with Crippen molar-refractivity contribution >= 4 is 26.0 Å². The van der Waals surface area contributed by atoms with Gasteiger partial charge in [-0.2, -0.15) is 5.10 Å². The summed E-state index contributed by atoms with van der Waals surface area (Å²) in [4.78, 5) is 4.56. The van der Waals surface area contributed by atoms with Gasteiger partial charge in [0.1, 0.15) is 0 Å². The molecular weight excluding hydrogens is 392 g/mol. The van der Waals surface area contributed by atoms with Crippen LogP contribution in [0.2, 0.25) is 0 Å². The van der Waals surface area contributed by atoms with Crippen molar-refractivity contribution in [2.75, 3.05) is 0 Å². The topological polar surface area (TPSA) is 76.9 Å². The van der Waals surface area contributed by atoms with Gasteiger partial charge < -0.3 is 0 Å². The SMILES string of the molecule is Cn1cc(-c2ncccc2CNS(=O)(=O)c2ccccc2Br)cn1. The summed E-state index contributed by atoms with van der Waals surface area (Å²) in [5.41, 5.74) is 2.33. The van der Waals surface area contributed by atoms with Crippen molar-refractivity contribution in [3.8, 4) is 11.3 Å². The number of hydrogen-bond acceptors (Lipinski definition) is 4. The number of nitrogens with one attached hydrogen (secondary N) is 1. The maximum absolute atomic E-state index is 12.5. The van der Waals surface area contributed by atoms with Crippen molar-refractivity contribution in [1.82, 2.24) is 19.5 Å². The lowest BCUT2D eigenvalue weighted by atomic mass is 10.1. The number of hydrogen-bond donors (Lipinski definition) is 1. The van der Waals surface area contributed by atoms with Crippen molar-refractivity contribution < 1.29 is 8.42 Å². The van der Waals surface area contributed by atoms with E-state index in [1.807, 2.05) is 19.3 Å². The second kappa shape index (κ2) is 6.84. The molecule has 3 aromatic rings. The van der Waals surface area contributed by atoms with Crippen molar-refractivity contribution in [3.05, 3.63) is 65.0 Å². The standard InChI is InChI=1S/C16H15BrN4O2S/c1-21-11-13(9-19-21)16-12(5-4-8-18-16)10-20-24(22,23)15-7-3-2-6-14(15)17/h2-9,11,20H,10H2,1H3. The third kappa shape index (κ3) is 3.55. The summed E-state index contributed by atoms with van der Waals surface area (Å²) < 4.78 is 29.8. The van der Waals surface area contributed by atoms with E-state index in [1.165, 1.54) is 0 Å². The number of aryl methyl sites for hydroxylation is 1. The fourth-order valence-electron chi connectivity index (χ4n) is 2.30. The van der Waals surface area contributed by atoms with Crippen molar-refractivity contribution in [2.24, 2.45) is 7.05 Å². The summed E-state index contributed by atoms with van der Waals surface area (Å²) in [5, 5.41) is 4.13. The van der Waals surface area contributed by atoms with Crippen LogP contribution >= 0.6 is 15.9 Å². The third-order valence-electron chi connectivity index (χ3n) is 3.45. The van der Waals surface area contributed by atoms with Crippen LogP contribution in [0, 0.1) is 0 Å². The Kier molecular flexibility index (Phi) is 4.79. The van der Waals surface area contributed by atoms with Gasteiger partial charge in [-0.25, -0.2) is 13.1 Å². The Morgan fingerprint density at radius 1 is 1.21 bits per heavy atom. The summed E-state index contributed by atoms with van der Waals surface area (Å²) in [6, 6.07) is 10.3. The Balaban J connectivity index is 1.87. The van der Waals surface area contributed by atoms with E-state index >= 15 is 0 Å². The van der Waals surface area contributed by atoms with Gasteiger partial charge in [0, 0.05) is 36.0 Å². The molecule has 124 valence electrons. The van der Waals surface area contributed by atoms with Gasteiger partial charge in [0.15, 0.2) is 0 Å². The fraction of sp³-hybridized carbons (Fsp3) is 0.125. The molecule has 2 aromatic heterocycles. The molecular formula is C16H15BrN4O2S. The monoisotopic (exact) mass is 406 g/mol. The average molecular weight is 407 g/mol. The fourth-order valence-corrected chi connectivity index (χ4v) is 4.31. The van der Waals surface area contributed by atoms with Gasteiger partial charge in [-0.3, -0.25) is 9.67 Å². The van der Waals surface area contributed by atoms with Crippen molar-refractivity contribution in [3.63, 3.8) is 0 Å². The predicted molar refractivity (Wildman–Crippen MR) is 94.6 cm³/mol. The number of aromatic nitrogens is 3. The van der Waals surface area contributed by atoms with Crippen LogP contribution in [0.5, 0.6) is 0 Å². The zero-order chi connectivity index (χ0) is 17.2. The molecule has 24 heavy (non-hydrogen) atoms. The molecule has 0 radical (unpaired) electrons. The van der Waals surface area contributed by atoms with Gasteiger partial charge in [-0.05, 0) is 39.7 Å². The number of benzene rings is 1. The Bertz CT molecular complexity index is 969. The third-order valence-corrected chi connectivity index (χ3v) is 5.86. The van der Waals surface area contributed by atoms with Crippen LogP contribution in [-0.2, 0) is 23.6 Å². The molecule has 0 aliphatic heterocycles. The number of nitrogens with zero attached hydrogens (tertiary/aromatic N) is 3. The molecule has 0 amide bonds. The summed E-state index contributed by atoms with van der Waals surface area (Å²) in [5.74, 6) is 0. The zero-order valence-electron chi connectivity index (χ0n) is 12.8. The molecule has 0 unspecified atom stereocenters. The highest BCUT2D eigenvalue weighted by molar-refractivity contribution is 9.10. The molecule has 0 aliphatic rings. The first-order valence-corrected chi connectivity index (χ1v) is 9.42. The van der Waals surface area contributed by atoms with Gasteiger partial charge in [0.05, 0.1) is 16.8 Å². The highest BCUT2D eigenvalue weighted by atomic mass is 79.9. The van der Waals surface area contributed by atoms with Gasteiger partial charge in [-0.15, -0.1) is 0 Å². The normalized spacial score (nSPS) is 11.6. The van der Waals surface area contributed by atoms with Crippen LogP contribution in [-0.4, -0.2) is 23.2 Å². The van der Waals surface area contributed by atoms with Gasteiger partial charge in [0.25, 0.3) is 0 Å². The largest absolute Gasteiger partial charge is 0.275 e. The smallest absolute Gasteiger partial charge is 0.241 e. The van der Waals surface area contributed by atoms with Crippen molar-refractivity contribution in [1.29, 1.82) is 0 Å². The van der Waals surface area contributed by atoms with Crippen LogP contribution < -0.4 is 4.72 Å². The van der Waals surface area contributed by atoms with Crippen LogP contribution in [0.1, 0.15) is 5.56 Å². The first kappa shape index (κ1) is 16.8. The van der Waals surface area contributed by atoms with E-state index in [9.17, 15) is 8.42 Å². The molecule has 0 atom stereocenters. The Hall–Kier alpha value is -2.03. The van der Waals surface area contributed by atoms with Crippen LogP contribution in [0.3, 0.4) is 0 Å². The van der Waals surface area contributed by atoms with E-state index in [2.05, 4.69) is 30.7 Å². The molecule has 2 heterocycles. The number of rotatable bonds is 5. The van der Waals surface area contributed by atoms with E-state index in [4.69, 9.17) is 0 Å². The quantitative estimate of drug-likeness (QED) is 0.706. The molecule has 1 aromatic carbocycles. The molecule has 8 heteroatoms. The predicted octanol–water partition coefficient (Wildman–Crippen LogP) is 2.72. The maximum Gasteiger partial charge on any atom is 0.241 e. The van der Waals surface area contributed by atoms with E-state index in [-0.39, 0.29) is 11.4 Å². The van der Waals surface area contributed by atoms with E-state index < -0.39 is 10.0 Å². The molecule has 3 rings (SSSR count). The highest BCUT2D eigenvalue weighted by Crippen LogP contribution is 2.23. The highest BCUT2D eigenvalue weighted by Gasteiger charge is 2.18. The molecule has 0 saturated carbocycles. The maximum atomic E-state index is 12.5. The molecule has 0 bridgehead atoms. The summed E-state index contributed by atoms with van der Waals surface area (Å²) in [7, 11) is -1.81. The minimum absolute atomic E-state index is 0.141. The lowest BCUT2D eigenvalue weighted by Gasteiger charge is -2.10. The molecule has 0 fully saturated rings.